The summed E-state index contributed by atoms with van der Waals surface area (Å²) in [6.07, 6.45) is 3.53. The molecule has 4 aromatic rings. The lowest BCUT2D eigenvalue weighted by atomic mass is 9.55. The third kappa shape index (κ3) is 2.19. The summed E-state index contributed by atoms with van der Waals surface area (Å²) in [7, 11) is 0. The fourth-order valence-corrected chi connectivity index (χ4v) is 6.59. The highest BCUT2D eigenvalue weighted by Gasteiger charge is 2.62. The van der Waals surface area contributed by atoms with Gasteiger partial charge in [-0.3, -0.25) is 0 Å². The number of hydrogen-bond donors (Lipinski definition) is 0. The minimum absolute atomic E-state index is 0.148. The largest absolute Gasteiger partial charge is 0.334 e. The van der Waals surface area contributed by atoms with E-state index in [1.54, 1.807) is 0 Å². The van der Waals surface area contributed by atoms with E-state index >= 15 is 0 Å². The molecular weight excluding hydrogens is 386 g/mol. The molecule has 7 rings (SSSR count). The van der Waals surface area contributed by atoms with Crippen LogP contribution >= 0.6 is 0 Å². The van der Waals surface area contributed by atoms with Crippen molar-refractivity contribution in [2.45, 2.75) is 44.1 Å². The number of benzene rings is 4. The van der Waals surface area contributed by atoms with E-state index in [2.05, 4.69) is 110 Å². The Morgan fingerprint density at radius 1 is 0.656 bits per heavy atom. The van der Waals surface area contributed by atoms with E-state index in [-0.39, 0.29) is 11.0 Å². The molecule has 0 radical (unpaired) electrons. The van der Waals surface area contributed by atoms with Gasteiger partial charge in [0, 0.05) is 16.8 Å². The van der Waals surface area contributed by atoms with Gasteiger partial charge in [0.15, 0.2) is 0 Å². The number of anilines is 2. The molecule has 32 heavy (non-hydrogen) atoms. The van der Waals surface area contributed by atoms with Gasteiger partial charge in [-0.1, -0.05) is 73.7 Å². The van der Waals surface area contributed by atoms with Crippen molar-refractivity contribution in [1.29, 1.82) is 0 Å². The van der Waals surface area contributed by atoms with Crippen molar-refractivity contribution < 1.29 is 0 Å². The Kier molecular flexibility index (Phi) is 3.50. The minimum Gasteiger partial charge on any atom is -0.334 e. The second kappa shape index (κ2) is 6.13. The van der Waals surface area contributed by atoms with Crippen LogP contribution in [0.3, 0.4) is 0 Å². The molecule has 0 aromatic heterocycles. The predicted molar refractivity (Wildman–Crippen MR) is 134 cm³/mol. The average Bonchev–Trinajstić information content (AvgIpc) is 3.26. The monoisotopic (exact) mass is 413 g/mol. The molecule has 0 spiro atoms. The maximum absolute atomic E-state index is 2.61. The molecular formula is C31H27N. The number of para-hydroxylation sites is 1. The Bertz CT molecular complexity index is 1380. The Labute approximate surface area is 190 Å². The molecule has 1 fully saturated rings. The van der Waals surface area contributed by atoms with Crippen molar-refractivity contribution in [3.05, 3.63) is 108 Å². The van der Waals surface area contributed by atoms with Gasteiger partial charge in [0.2, 0.25) is 0 Å². The standard InChI is InChI=1S/C31H27N/c1-30-16-17-31(30,2)32(25-9-4-3-5-10-25)29-15-13-22(20-28(29)30)21-12-14-27-24(18-21)19-23-8-6-7-11-26(23)27/h3-15,18,20H,16-17,19H2,1-2H3. The summed E-state index contributed by atoms with van der Waals surface area (Å²) in [5.74, 6) is 0. The maximum atomic E-state index is 2.61. The molecule has 0 saturated heterocycles. The summed E-state index contributed by atoms with van der Waals surface area (Å²) >= 11 is 0. The summed E-state index contributed by atoms with van der Waals surface area (Å²) in [6, 6.07) is 34.0. The lowest BCUT2D eigenvalue weighted by Crippen LogP contribution is -2.60. The Morgan fingerprint density at radius 2 is 1.38 bits per heavy atom. The number of nitrogens with zero attached hydrogens (tertiary/aromatic N) is 1. The third-order valence-corrected chi connectivity index (χ3v) is 8.77. The van der Waals surface area contributed by atoms with Crippen LogP contribution < -0.4 is 4.90 Å². The molecule has 1 nitrogen and oxygen atoms in total. The fourth-order valence-electron chi connectivity index (χ4n) is 6.59. The van der Waals surface area contributed by atoms with Gasteiger partial charge in [-0.25, -0.2) is 0 Å². The zero-order valence-electron chi connectivity index (χ0n) is 18.7. The zero-order valence-corrected chi connectivity index (χ0v) is 18.7. The summed E-state index contributed by atoms with van der Waals surface area (Å²) in [5.41, 5.74) is 12.9. The molecule has 1 aliphatic heterocycles. The molecule has 2 unspecified atom stereocenters. The minimum atomic E-state index is 0.148. The van der Waals surface area contributed by atoms with E-state index in [1.165, 1.54) is 63.2 Å². The highest BCUT2D eigenvalue weighted by atomic mass is 15.3. The van der Waals surface area contributed by atoms with E-state index in [9.17, 15) is 0 Å². The van der Waals surface area contributed by atoms with E-state index in [0.717, 1.165) is 6.42 Å². The van der Waals surface area contributed by atoms with Crippen LogP contribution in [0.5, 0.6) is 0 Å². The Hall–Kier alpha value is -3.32. The second-order valence-electron chi connectivity index (χ2n) is 10.2. The summed E-state index contributed by atoms with van der Waals surface area (Å²) in [5, 5.41) is 0. The van der Waals surface area contributed by atoms with E-state index in [0.29, 0.717) is 0 Å². The molecule has 3 aliphatic rings. The third-order valence-electron chi connectivity index (χ3n) is 8.77. The van der Waals surface area contributed by atoms with Crippen LogP contribution in [-0.2, 0) is 11.8 Å². The van der Waals surface area contributed by atoms with Gasteiger partial charge < -0.3 is 4.90 Å². The molecule has 156 valence electrons. The van der Waals surface area contributed by atoms with Crippen molar-refractivity contribution in [2.24, 2.45) is 0 Å². The first-order valence-electron chi connectivity index (χ1n) is 11.8. The number of rotatable bonds is 2. The van der Waals surface area contributed by atoms with Crippen molar-refractivity contribution in [2.75, 3.05) is 4.90 Å². The van der Waals surface area contributed by atoms with Gasteiger partial charge in [-0.2, -0.15) is 0 Å². The van der Waals surface area contributed by atoms with Crippen molar-refractivity contribution in [3.63, 3.8) is 0 Å². The van der Waals surface area contributed by atoms with Gasteiger partial charge in [-0.05, 0) is 89.4 Å². The lowest BCUT2D eigenvalue weighted by Gasteiger charge is -2.56. The zero-order chi connectivity index (χ0) is 21.5. The van der Waals surface area contributed by atoms with Crippen LogP contribution in [0.25, 0.3) is 22.3 Å². The maximum Gasteiger partial charge on any atom is 0.0518 e. The predicted octanol–water partition coefficient (Wildman–Crippen LogP) is 7.89. The normalized spacial score (nSPS) is 24.4. The number of hydrogen-bond acceptors (Lipinski definition) is 1. The lowest BCUT2D eigenvalue weighted by molar-refractivity contribution is 0.133. The van der Waals surface area contributed by atoms with Crippen molar-refractivity contribution in [3.8, 4) is 22.3 Å². The summed E-state index contributed by atoms with van der Waals surface area (Å²) < 4.78 is 0. The topological polar surface area (TPSA) is 3.24 Å². The van der Waals surface area contributed by atoms with Crippen LogP contribution in [0.4, 0.5) is 11.4 Å². The molecule has 1 saturated carbocycles. The highest BCUT2D eigenvalue weighted by Crippen LogP contribution is 2.65. The summed E-state index contributed by atoms with van der Waals surface area (Å²) in [4.78, 5) is 2.61. The quantitative estimate of drug-likeness (QED) is 0.284. The second-order valence-corrected chi connectivity index (χ2v) is 10.2. The fraction of sp³-hybridized carbons (Fsp3) is 0.226. The average molecular weight is 414 g/mol. The van der Waals surface area contributed by atoms with Crippen LogP contribution in [-0.4, -0.2) is 5.54 Å². The highest BCUT2D eigenvalue weighted by molar-refractivity contribution is 5.84. The van der Waals surface area contributed by atoms with Gasteiger partial charge in [-0.15, -0.1) is 0 Å². The molecule has 0 bridgehead atoms. The molecule has 1 heterocycles. The molecule has 0 amide bonds. The van der Waals surface area contributed by atoms with Gasteiger partial charge in [0.05, 0.1) is 5.54 Å². The molecule has 2 atom stereocenters. The smallest absolute Gasteiger partial charge is 0.0518 e. The molecule has 4 aromatic carbocycles. The molecule has 2 aliphatic carbocycles. The Morgan fingerprint density at radius 3 is 2.19 bits per heavy atom. The number of fused-ring (bicyclic) bond motifs is 6. The van der Waals surface area contributed by atoms with E-state index in [4.69, 9.17) is 0 Å². The van der Waals surface area contributed by atoms with Crippen LogP contribution in [0.2, 0.25) is 0 Å². The van der Waals surface area contributed by atoms with Crippen LogP contribution in [0.15, 0.2) is 91.0 Å². The first-order chi connectivity index (χ1) is 15.6. The molecule has 1 heteroatoms. The van der Waals surface area contributed by atoms with E-state index < -0.39 is 0 Å². The summed E-state index contributed by atoms with van der Waals surface area (Å²) in [6.45, 7) is 4.93. The van der Waals surface area contributed by atoms with Gasteiger partial charge in [0.1, 0.15) is 0 Å². The molecule has 0 N–H and O–H groups in total. The first kappa shape index (κ1) is 18.3. The first-order valence-corrected chi connectivity index (χ1v) is 11.8. The van der Waals surface area contributed by atoms with Crippen molar-refractivity contribution >= 4 is 11.4 Å². The van der Waals surface area contributed by atoms with Gasteiger partial charge >= 0.3 is 0 Å². The SMILES string of the molecule is CC12CCC1(C)N(c1ccccc1)c1ccc(-c3ccc4c(c3)Cc3ccccc3-4)cc12. The van der Waals surface area contributed by atoms with Crippen LogP contribution in [0.1, 0.15) is 43.4 Å². The van der Waals surface area contributed by atoms with Crippen LogP contribution in [0, 0.1) is 0 Å². The van der Waals surface area contributed by atoms with E-state index in [1.807, 2.05) is 0 Å². The van der Waals surface area contributed by atoms with Gasteiger partial charge in [0.25, 0.3) is 0 Å². The Balaban J connectivity index is 1.34. The van der Waals surface area contributed by atoms with Crippen molar-refractivity contribution in [1.82, 2.24) is 0 Å².